The van der Waals surface area contributed by atoms with Gasteiger partial charge in [0.05, 0.1) is 24.2 Å². The van der Waals surface area contributed by atoms with Gasteiger partial charge in [-0.3, -0.25) is 10.1 Å². The molecule has 0 aromatic rings. The Kier molecular flexibility index (Phi) is 2.72. The SMILES string of the molecule is CC1NCN(C2CCS(=O)(=O)CC2)C1=O. The second kappa shape index (κ2) is 3.75. The van der Waals surface area contributed by atoms with Crippen LogP contribution in [0.5, 0.6) is 0 Å². The number of sulfone groups is 1. The number of nitrogens with one attached hydrogen (secondary N) is 1. The average Bonchev–Trinajstić information content (AvgIpc) is 2.49. The molecule has 15 heavy (non-hydrogen) atoms. The van der Waals surface area contributed by atoms with Crippen LogP contribution >= 0.6 is 0 Å². The molecule has 0 aromatic heterocycles. The standard InChI is InChI=1S/C9H16N2O3S/c1-7-9(12)11(6-10-7)8-2-4-15(13,14)5-3-8/h7-8,10H,2-6H2,1H3. The summed E-state index contributed by atoms with van der Waals surface area (Å²) in [6.45, 7) is 2.40. The molecule has 2 saturated heterocycles. The lowest BCUT2D eigenvalue weighted by molar-refractivity contribution is -0.130. The Morgan fingerprint density at radius 2 is 1.93 bits per heavy atom. The summed E-state index contributed by atoms with van der Waals surface area (Å²) in [6.07, 6.45) is 1.17. The zero-order chi connectivity index (χ0) is 11.1. The van der Waals surface area contributed by atoms with Crippen LogP contribution in [0, 0.1) is 0 Å². The van der Waals surface area contributed by atoms with Crippen LogP contribution < -0.4 is 5.32 Å². The highest BCUT2D eigenvalue weighted by molar-refractivity contribution is 7.91. The van der Waals surface area contributed by atoms with Crippen LogP contribution in [-0.4, -0.2) is 49.5 Å². The van der Waals surface area contributed by atoms with Gasteiger partial charge in [-0.05, 0) is 19.8 Å². The first-order valence-electron chi connectivity index (χ1n) is 5.24. The van der Waals surface area contributed by atoms with Crippen LogP contribution in [0.3, 0.4) is 0 Å². The van der Waals surface area contributed by atoms with E-state index < -0.39 is 9.84 Å². The van der Waals surface area contributed by atoms with E-state index in [0.29, 0.717) is 19.5 Å². The highest BCUT2D eigenvalue weighted by atomic mass is 32.2. The van der Waals surface area contributed by atoms with Crippen molar-refractivity contribution in [3.8, 4) is 0 Å². The van der Waals surface area contributed by atoms with Crippen molar-refractivity contribution in [2.75, 3.05) is 18.2 Å². The highest BCUT2D eigenvalue weighted by Crippen LogP contribution is 2.20. The summed E-state index contributed by atoms with van der Waals surface area (Å²) >= 11 is 0. The molecule has 86 valence electrons. The number of hydrogen-bond donors (Lipinski definition) is 1. The van der Waals surface area contributed by atoms with Gasteiger partial charge in [0.25, 0.3) is 0 Å². The molecule has 2 aliphatic heterocycles. The van der Waals surface area contributed by atoms with E-state index >= 15 is 0 Å². The minimum Gasteiger partial charge on any atom is -0.326 e. The monoisotopic (exact) mass is 232 g/mol. The van der Waals surface area contributed by atoms with Crippen molar-refractivity contribution in [1.82, 2.24) is 10.2 Å². The molecule has 0 aromatic carbocycles. The molecule has 0 radical (unpaired) electrons. The molecular formula is C9H16N2O3S. The van der Waals surface area contributed by atoms with Gasteiger partial charge in [-0.25, -0.2) is 8.42 Å². The molecule has 1 amide bonds. The summed E-state index contributed by atoms with van der Waals surface area (Å²) < 4.78 is 22.5. The highest BCUT2D eigenvalue weighted by Gasteiger charge is 2.35. The number of nitrogens with zero attached hydrogens (tertiary/aromatic N) is 1. The summed E-state index contributed by atoms with van der Waals surface area (Å²) in [6, 6.07) is -0.0120. The summed E-state index contributed by atoms with van der Waals surface area (Å²) in [5.74, 6) is 0.533. The third-order valence-corrected chi connectivity index (χ3v) is 4.90. The molecule has 1 atom stereocenters. The molecule has 2 fully saturated rings. The van der Waals surface area contributed by atoms with Crippen molar-refractivity contribution in [1.29, 1.82) is 0 Å². The molecule has 2 heterocycles. The molecular weight excluding hydrogens is 216 g/mol. The predicted octanol–water partition coefficient (Wildman–Crippen LogP) is -0.659. The second-order valence-electron chi connectivity index (χ2n) is 4.27. The smallest absolute Gasteiger partial charge is 0.240 e. The number of carbonyl (C=O) groups is 1. The molecule has 0 bridgehead atoms. The largest absolute Gasteiger partial charge is 0.326 e. The number of carbonyl (C=O) groups excluding carboxylic acids is 1. The Labute approximate surface area is 89.7 Å². The lowest BCUT2D eigenvalue weighted by Crippen LogP contribution is -2.43. The van der Waals surface area contributed by atoms with Crippen LogP contribution in [0.4, 0.5) is 0 Å². The Bertz CT molecular complexity index is 352. The van der Waals surface area contributed by atoms with E-state index in [1.807, 2.05) is 6.92 Å². The number of rotatable bonds is 1. The van der Waals surface area contributed by atoms with Crippen molar-refractivity contribution in [2.45, 2.75) is 31.8 Å². The van der Waals surface area contributed by atoms with E-state index in [1.54, 1.807) is 4.90 Å². The Morgan fingerprint density at radius 1 is 1.33 bits per heavy atom. The van der Waals surface area contributed by atoms with E-state index in [4.69, 9.17) is 0 Å². The Balaban J connectivity index is 2.00. The minimum absolute atomic E-state index is 0.0966. The zero-order valence-corrected chi connectivity index (χ0v) is 9.59. The molecule has 6 heteroatoms. The second-order valence-corrected chi connectivity index (χ2v) is 6.58. The first-order valence-corrected chi connectivity index (χ1v) is 7.06. The van der Waals surface area contributed by atoms with Crippen LogP contribution in [0.2, 0.25) is 0 Å². The minimum atomic E-state index is -2.83. The van der Waals surface area contributed by atoms with Crippen LogP contribution in [0.25, 0.3) is 0 Å². The molecule has 1 unspecified atom stereocenters. The van der Waals surface area contributed by atoms with Crippen molar-refractivity contribution in [3.63, 3.8) is 0 Å². The predicted molar refractivity (Wildman–Crippen MR) is 56.0 cm³/mol. The summed E-state index contributed by atoms with van der Waals surface area (Å²) in [7, 11) is -2.83. The summed E-state index contributed by atoms with van der Waals surface area (Å²) in [5, 5.41) is 3.06. The maximum atomic E-state index is 11.7. The van der Waals surface area contributed by atoms with Gasteiger partial charge in [-0.15, -0.1) is 0 Å². The van der Waals surface area contributed by atoms with Gasteiger partial charge in [0, 0.05) is 6.04 Å². The molecule has 0 saturated carbocycles. The molecule has 2 rings (SSSR count). The summed E-state index contributed by atoms with van der Waals surface area (Å²) in [5.41, 5.74) is 0. The van der Waals surface area contributed by atoms with Gasteiger partial charge in [0.15, 0.2) is 0 Å². The lowest BCUT2D eigenvalue weighted by atomic mass is 10.1. The summed E-state index contributed by atoms with van der Waals surface area (Å²) in [4.78, 5) is 13.5. The van der Waals surface area contributed by atoms with E-state index in [0.717, 1.165) is 0 Å². The van der Waals surface area contributed by atoms with Gasteiger partial charge in [-0.1, -0.05) is 0 Å². The Morgan fingerprint density at radius 3 is 2.40 bits per heavy atom. The van der Waals surface area contributed by atoms with Gasteiger partial charge >= 0.3 is 0 Å². The third kappa shape index (κ3) is 2.15. The zero-order valence-electron chi connectivity index (χ0n) is 8.77. The van der Waals surface area contributed by atoms with E-state index in [1.165, 1.54) is 0 Å². The first kappa shape index (κ1) is 10.9. The Hall–Kier alpha value is -0.620. The fourth-order valence-electron chi connectivity index (χ4n) is 2.15. The van der Waals surface area contributed by atoms with Crippen molar-refractivity contribution in [2.24, 2.45) is 0 Å². The fraction of sp³-hybridized carbons (Fsp3) is 0.889. The molecule has 5 nitrogen and oxygen atoms in total. The van der Waals surface area contributed by atoms with E-state index in [9.17, 15) is 13.2 Å². The fourth-order valence-corrected chi connectivity index (χ4v) is 3.61. The van der Waals surface area contributed by atoms with Gasteiger partial charge in [-0.2, -0.15) is 0 Å². The third-order valence-electron chi connectivity index (χ3n) is 3.19. The van der Waals surface area contributed by atoms with Crippen molar-refractivity contribution in [3.05, 3.63) is 0 Å². The van der Waals surface area contributed by atoms with Gasteiger partial charge in [0.2, 0.25) is 5.91 Å². The first-order chi connectivity index (χ1) is 6.99. The average molecular weight is 232 g/mol. The maximum Gasteiger partial charge on any atom is 0.240 e. The molecule has 0 spiro atoms. The van der Waals surface area contributed by atoms with Gasteiger partial charge in [0.1, 0.15) is 9.84 Å². The molecule has 1 N–H and O–H groups in total. The molecule has 0 aliphatic carbocycles. The number of amides is 1. The molecule has 2 aliphatic rings. The maximum absolute atomic E-state index is 11.7. The van der Waals surface area contributed by atoms with Crippen LogP contribution in [-0.2, 0) is 14.6 Å². The van der Waals surface area contributed by atoms with E-state index in [2.05, 4.69) is 5.32 Å². The van der Waals surface area contributed by atoms with E-state index in [-0.39, 0.29) is 29.5 Å². The van der Waals surface area contributed by atoms with Crippen molar-refractivity contribution >= 4 is 15.7 Å². The normalized spacial score (nSPS) is 32.2. The topological polar surface area (TPSA) is 66.5 Å². The number of hydrogen-bond acceptors (Lipinski definition) is 4. The van der Waals surface area contributed by atoms with Crippen molar-refractivity contribution < 1.29 is 13.2 Å². The lowest BCUT2D eigenvalue weighted by Gasteiger charge is -2.30. The quantitative estimate of drug-likeness (QED) is 0.652. The van der Waals surface area contributed by atoms with Crippen LogP contribution in [0.15, 0.2) is 0 Å². The van der Waals surface area contributed by atoms with Crippen LogP contribution in [0.1, 0.15) is 19.8 Å². The van der Waals surface area contributed by atoms with Gasteiger partial charge < -0.3 is 4.90 Å².